The van der Waals surface area contributed by atoms with E-state index in [1.807, 2.05) is 6.07 Å². The van der Waals surface area contributed by atoms with E-state index in [-0.39, 0.29) is 0 Å². The molecule has 2 nitrogen and oxygen atoms in total. The van der Waals surface area contributed by atoms with Crippen LogP contribution in [0.4, 0.5) is 5.69 Å². The summed E-state index contributed by atoms with van der Waals surface area (Å²) in [5.74, 6) is 0.954. The van der Waals surface area contributed by atoms with Crippen molar-refractivity contribution in [3.8, 4) is 5.75 Å². The van der Waals surface area contributed by atoms with Gasteiger partial charge in [-0.25, -0.2) is 0 Å². The van der Waals surface area contributed by atoms with E-state index in [0.29, 0.717) is 6.61 Å². The molecule has 80 valence electrons. The Bertz CT molecular complexity index is 382. The van der Waals surface area contributed by atoms with Crippen molar-refractivity contribution in [3.05, 3.63) is 36.4 Å². The molecule has 2 rings (SSSR count). The number of benzene rings is 1. The van der Waals surface area contributed by atoms with Crippen molar-refractivity contribution in [1.29, 1.82) is 0 Å². The number of fused-ring (bicyclic) bond motifs is 1. The number of hydrogen-bond acceptors (Lipinski definition) is 1. The fourth-order valence-corrected chi connectivity index (χ4v) is 2.12. The predicted molar refractivity (Wildman–Crippen MR) is 64.3 cm³/mol. The molecule has 1 aliphatic heterocycles. The highest BCUT2D eigenvalue weighted by atomic mass is 16.5. The van der Waals surface area contributed by atoms with Crippen LogP contribution in [-0.2, 0) is 6.42 Å². The van der Waals surface area contributed by atoms with Gasteiger partial charge in [0.25, 0.3) is 0 Å². The number of nitrogens with zero attached hydrogens (tertiary/aromatic N) is 1. The molecule has 0 fully saturated rings. The molecule has 0 spiro atoms. The van der Waals surface area contributed by atoms with Crippen LogP contribution in [-0.4, -0.2) is 27.2 Å². The molecule has 1 aliphatic rings. The monoisotopic (exact) mass is 204 g/mol. The van der Waals surface area contributed by atoms with Gasteiger partial charge in [0.1, 0.15) is 18.0 Å². The Morgan fingerprint density at radius 2 is 2.27 bits per heavy atom. The van der Waals surface area contributed by atoms with Crippen molar-refractivity contribution in [2.45, 2.75) is 6.42 Å². The highest BCUT2D eigenvalue weighted by molar-refractivity contribution is 5.56. The molecule has 1 heterocycles. The van der Waals surface area contributed by atoms with Crippen LogP contribution in [0.25, 0.3) is 0 Å². The third-order valence-electron chi connectivity index (χ3n) is 3.01. The first-order valence-electron chi connectivity index (χ1n) is 5.34. The maximum absolute atomic E-state index is 5.52. The summed E-state index contributed by atoms with van der Waals surface area (Å²) in [6.07, 6.45) is 2.92. The Hall–Kier alpha value is -1.28. The number of rotatable bonds is 3. The molecule has 0 aromatic heterocycles. The lowest BCUT2D eigenvalue weighted by atomic mass is 10.1. The van der Waals surface area contributed by atoms with Crippen molar-refractivity contribution in [2.24, 2.45) is 0 Å². The van der Waals surface area contributed by atoms with Crippen molar-refractivity contribution >= 4 is 5.69 Å². The molecular weight excluding hydrogens is 186 g/mol. The fourth-order valence-electron chi connectivity index (χ4n) is 2.12. The smallest absolute Gasteiger partial charge is 0.136 e. The molecule has 15 heavy (non-hydrogen) atoms. The average Bonchev–Trinajstić information content (AvgIpc) is 2.52. The standard InChI is InChI=1S/C13H18NO/c1-4-9-15-12-5-6-13-11(10-12)7-8-14(13,2)3/h4-6,10H,1,7-9H2,2-3H3/q+1. The van der Waals surface area contributed by atoms with Crippen LogP contribution in [0.15, 0.2) is 30.9 Å². The molecule has 0 saturated heterocycles. The van der Waals surface area contributed by atoms with Crippen LogP contribution in [0.2, 0.25) is 0 Å². The van der Waals surface area contributed by atoms with Gasteiger partial charge in [-0.15, -0.1) is 0 Å². The van der Waals surface area contributed by atoms with Crippen molar-refractivity contribution < 1.29 is 4.74 Å². The van der Waals surface area contributed by atoms with Gasteiger partial charge in [0.05, 0.1) is 20.6 Å². The molecule has 0 aliphatic carbocycles. The van der Waals surface area contributed by atoms with Crippen molar-refractivity contribution in [1.82, 2.24) is 4.48 Å². The topological polar surface area (TPSA) is 9.23 Å². The van der Waals surface area contributed by atoms with Crippen LogP contribution in [0.5, 0.6) is 5.75 Å². The van der Waals surface area contributed by atoms with Gasteiger partial charge < -0.3 is 4.74 Å². The second-order valence-electron chi connectivity index (χ2n) is 4.55. The second-order valence-corrected chi connectivity index (χ2v) is 4.55. The molecule has 1 aromatic rings. The van der Waals surface area contributed by atoms with Crippen LogP contribution < -0.4 is 9.22 Å². The molecule has 0 amide bonds. The maximum Gasteiger partial charge on any atom is 0.136 e. The SMILES string of the molecule is C=CCOc1ccc2c(c1)CC[N+]2(C)C. The first-order chi connectivity index (χ1) is 7.13. The Labute approximate surface area is 91.4 Å². The van der Waals surface area contributed by atoms with Crippen molar-refractivity contribution in [2.75, 3.05) is 27.2 Å². The van der Waals surface area contributed by atoms with E-state index in [0.717, 1.165) is 16.7 Å². The summed E-state index contributed by atoms with van der Waals surface area (Å²) in [7, 11) is 4.49. The van der Waals surface area contributed by atoms with Gasteiger partial charge in [-0.1, -0.05) is 12.7 Å². The van der Waals surface area contributed by atoms with Crippen LogP contribution >= 0.6 is 0 Å². The van der Waals surface area contributed by atoms with E-state index in [1.54, 1.807) is 6.08 Å². The van der Waals surface area contributed by atoms with Crippen molar-refractivity contribution in [3.63, 3.8) is 0 Å². The zero-order valence-corrected chi connectivity index (χ0v) is 9.49. The first kappa shape index (κ1) is 10.2. The molecule has 0 N–H and O–H groups in total. The quantitative estimate of drug-likeness (QED) is 0.542. The van der Waals surface area contributed by atoms with Crippen LogP contribution in [0.1, 0.15) is 5.56 Å². The molecule has 1 aromatic carbocycles. The molecule has 0 bridgehead atoms. The summed E-state index contributed by atoms with van der Waals surface area (Å²) in [6.45, 7) is 5.40. The third kappa shape index (κ3) is 1.90. The van der Waals surface area contributed by atoms with Gasteiger partial charge in [-0.3, -0.25) is 4.48 Å². The van der Waals surface area contributed by atoms with Gasteiger partial charge in [0.15, 0.2) is 0 Å². The largest absolute Gasteiger partial charge is 0.490 e. The van der Waals surface area contributed by atoms with E-state index in [1.165, 1.54) is 17.8 Å². The van der Waals surface area contributed by atoms with Crippen LogP contribution in [0, 0.1) is 0 Å². The normalized spacial score (nSPS) is 17.2. The van der Waals surface area contributed by atoms with Gasteiger partial charge in [-0.2, -0.15) is 0 Å². The summed E-state index contributed by atoms with van der Waals surface area (Å²) >= 11 is 0. The molecular formula is C13H18NO+. The minimum Gasteiger partial charge on any atom is -0.490 e. The molecule has 0 radical (unpaired) electrons. The van der Waals surface area contributed by atoms with E-state index in [4.69, 9.17) is 4.74 Å². The maximum atomic E-state index is 5.52. The lowest BCUT2D eigenvalue weighted by Crippen LogP contribution is -2.37. The highest BCUT2D eigenvalue weighted by Gasteiger charge is 2.29. The fraction of sp³-hybridized carbons (Fsp3) is 0.385. The second kappa shape index (κ2) is 3.70. The number of ether oxygens (including phenoxy) is 1. The predicted octanol–water partition coefficient (Wildman–Crippen LogP) is 2.37. The van der Waals surface area contributed by atoms with E-state index in [9.17, 15) is 0 Å². The Kier molecular flexibility index (Phi) is 2.53. The van der Waals surface area contributed by atoms with Gasteiger partial charge in [0, 0.05) is 18.1 Å². The molecule has 2 heteroatoms. The summed E-state index contributed by atoms with van der Waals surface area (Å²) < 4.78 is 6.51. The summed E-state index contributed by atoms with van der Waals surface area (Å²) in [5, 5.41) is 0. The third-order valence-corrected chi connectivity index (χ3v) is 3.01. The average molecular weight is 204 g/mol. The minimum atomic E-state index is 0.580. The summed E-state index contributed by atoms with van der Waals surface area (Å²) in [6, 6.07) is 6.39. The van der Waals surface area contributed by atoms with Gasteiger partial charge >= 0.3 is 0 Å². The molecule has 0 atom stereocenters. The number of hydrogen-bond donors (Lipinski definition) is 0. The summed E-state index contributed by atoms with van der Waals surface area (Å²) in [4.78, 5) is 0. The zero-order chi connectivity index (χ0) is 10.9. The lowest BCUT2D eigenvalue weighted by Gasteiger charge is -2.23. The highest BCUT2D eigenvalue weighted by Crippen LogP contribution is 2.34. The van der Waals surface area contributed by atoms with E-state index < -0.39 is 0 Å². The number of quaternary nitrogens is 1. The Morgan fingerprint density at radius 3 is 3.00 bits per heavy atom. The molecule has 0 unspecified atom stereocenters. The minimum absolute atomic E-state index is 0.580. The Morgan fingerprint density at radius 1 is 1.47 bits per heavy atom. The molecule has 0 saturated carbocycles. The lowest BCUT2D eigenvalue weighted by molar-refractivity contribution is 0.363. The summed E-state index contributed by atoms with van der Waals surface area (Å²) in [5.41, 5.74) is 2.84. The zero-order valence-electron chi connectivity index (χ0n) is 9.49. The van der Waals surface area contributed by atoms with Gasteiger partial charge in [0.2, 0.25) is 0 Å². The Balaban J connectivity index is 2.25. The van der Waals surface area contributed by atoms with E-state index in [2.05, 4.69) is 32.8 Å². The van der Waals surface area contributed by atoms with Crippen LogP contribution in [0.3, 0.4) is 0 Å². The number of likely N-dealkylation sites (N-methyl/N-ethyl adjacent to an activating group) is 1. The first-order valence-corrected chi connectivity index (χ1v) is 5.34. The van der Waals surface area contributed by atoms with Gasteiger partial charge in [-0.05, 0) is 12.1 Å². The van der Waals surface area contributed by atoms with E-state index >= 15 is 0 Å².